The van der Waals surface area contributed by atoms with Crippen molar-refractivity contribution in [1.29, 1.82) is 0 Å². The van der Waals surface area contributed by atoms with Crippen LogP contribution in [-0.2, 0) is 0 Å². The Hall–Kier alpha value is -3.58. The monoisotopic (exact) mass is 478 g/mol. The van der Waals surface area contributed by atoms with Crippen molar-refractivity contribution in [1.82, 2.24) is 19.6 Å². The second kappa shape index (κ2) is 7.96. The number of ketones is 1. The fourth-order valence-electron chi connectivity index (χ4n) is 6.80. The molecule has 2 saturated carbocycles. The number of nitrogens with zero attached hydrogens (tertiary/aromatic N) is 4. The van der Waals surface area contributed by atoms with E-state index in [0.29, 0.717) is 24.4 Å². The van der Waals surface area contributed by atoms with Crippen LogP contribution in [0, 0.1) is 11.3 Å². The molecule has 7 rings (SSSR count). The van der Waals surface area contributed by atoms with Gasteiger partial charge in [-0.15, -0.1) is 0 Å². The first-order chi connectivity index (χ1) is 17.5. The van der Waals surface area contributed by atoms with Crippen molar-refractivity contribution >= 4 is 17.2 Å². The van der Waals surface area contributed by atoms with Crippen molar-refractivity contribution in [3.63, 3.8) is 0 Å². The van der Waals surface area contributed by atoms with Gasteiger partial charge in [-0.1, -0.05) is 43.3 Å². The van der Waals surface area contributed by atoms with Crippen LogP contribution in [0.4, 0.5) is 5.82 Å². The lowest BCUT2D eigenvalue weighted by atomic mass is 9.58. The van der Waals surface area contributed by atoms with Crippen LogP contribution < -0.4 is 11.1 Å². The molecule has 4 aromatic rings. The van der Waals surface area contributed by atoms with Crippen molar-refractivity contribution in [2.24, 2.45) is 17.1 Å². The average Bonchev–Trinajstić information content (AvgIpc) is 3.50. The lowest BCUT2D eigenvalue weighted by Gasteiger charge is -2.49. The largest absolute Gasteiger partial charge is 0.369 e. The van der Waals surface area contributed by atoms with E-state index in [9.17, 15) is 4.79 Å². The van der Waals surface area contributed by atoms with Gasteiger partial charge in [-0.25, -0.2) is 4.98 Å². The normalized spacial score (nSPS) is 27.2. The van der Waals surface area contributed by atoms with Gasteiger partial charge in [-0.3, -0.25) is 9.78 Å². The van der Waals surface area contributed by atoms with Crippen molar-refractivity contribution in [3.05, 3.63) is 66.1 Å². The predicted molar refractivity (Wildman–Crippen MR) is 140 cm³/mol. The maximum absolute atomic E-state index is 13.2. The van der Waals surface area contributed by atoms with Crippen molar-refractivity contribution in [3.8, 4) is 22.4 Å². The molecule has 2 fully saturated rings. The summed E-state index contributed by atoms with van der Waals surface area (Å²) in [4.78, 5) is 23.1. The Balaban J connectivity index is 1.34. The summed E-state index contributed by atoms with van der Waals surface area (Å²) < 4.78 is 1.80. The zero-order chi connectivity index (χ0) is 24.4. The van der Waals surface area contributed by atoms with E-state index >= 15 is 0 Å². The number of anilines is 1. The highest BCUT2D eigenvalue weighted by molar-refractivity contribution is 6.04. The third kappa shape index (κ3) is 3.08. The van der Waals surface area contributed by atoms with E-state index in [2.05, 4.69) is 35.5 Å². The molecular formula is C29H30N6O. The number of nitrogens with two attached hydrogens (primary N) is 1. The summed E-state index contributed by atoms with van der Waals surface area (Å²) in [5, 5.41) is 8.12. The Labute approximate surface area is 210 Å². The van der Waals surface area contributed by atoms with Gasteiger partial charge in [0.15, 0.2) is 11.4 Å². The molecule has 1 aliphatic heterocycles. The van der Waals surface area contributed by atoms with E-state index in [1.807, 2.05) is 36.7 Å². The molecule has 1 aromatic carbocycles. The van der Waals surface area contributed by atoms with Crippen molar-refractivity contribution in [2.75, 3.05) is 11.9 Å². The van der Waals surface area contributed by atoms with Crippen LogP contribution in [-0.4, -0.2) is 38.0 Å². The van der Waals surface area contributed by atoms with Crippen LogP contribution in [0.15, 0.2) is 54.9 Å². The quantitative estimate of drug-likeness (QED) is 0.426. The Morgan fingerprint density at radius 2 is 1.97 bits per heavy atom. The number of rotatable bonds is 3. The molecule has 3 N–H and O–H groups in total. The molecule has 4 atom stereocenters. The van der Waals surface area contributed by atoms with E-state index in [4.69, 9.17) is 15.7 Å². The lowest BCUT2D eigenvalue weighted by Crippen LogP contribution is -2.48. The van der Waals surface area contributed by atoms with Crippen molar-refractivity contribution < 1.29 is 4.79 Å². The fraction of sp³-hybridized carbons (Fsp3) is 0.379. The third-order valence-electron chi connectivity index (χ3n) is 9.06. The number of hydrogen-bond donors (Lipinski definition) is 2. The van der Waals surface area contributed by atoms with Crippen LogP contribution in [0.25, 0.3) is 28.0 Å². The van der Waals surface area contributed by atoms with Crippen LogP contribution in [0.3, 0.4) is 0 Å². The summed E-state index contributed by atoms with van der Waals surface area (Å²) in [6.07, 6.45) is 8.51. The van der Waals surface area contributed by atoms with E-state index in [-0.39, 0.29) is 23.2 Å². The highest BCUT2D eigenvalue weighted by Crippen LogP contribution is 2.60. The first-order valence-electron chi connectivity index (χ1n) is 13.0. The molecule has 0 bridgehead atoms. The van der Waals surface area contributed by atoms with Gasteiger partial charge in [0.1, 0.15) is 5.82 Å². The molecule has 4 unspecified atom stereocenters. The summed E-state index contributed by atoms with van der Waals surface area (Å²) >= 11 is 0. The molecule has 7 nitrogen and oxygen atoms in total. The molecule has 2 aliphatic carbocycles. The van der Waals surface area contributed by atoms with Gasteiger partial charge in [0, 0.05) is 47.8 Å². The van der Waals surface area contributed by atoms with Gasteiger partial charge in [0.05, 0.1) is 23.1 Å². The van der Waals surface area contributed by atoms with E-state index in [1.165, 1.54) is 12.8 Å². The minimum atomic E-state index is 0.148. The molecule has 0 amide bonds. The highest BCUT2D eigenvalue weighted by atomic mass is 16.1. The van der Waals surface area contributed by atoms with Crippen LogP contribution in [0.5, 0.6) is 0 Å². The smallest absolute Gasteiger partial charge is 0.170 e. The molecule has 182 valence electrons. The molecule has 3 aliphatic rings. The number of hydrogen-bond acceptors (Lipinski definition) is 6. The molecule has 0 saturated heterocycles. The van der Waals surface area contributed by atoms with Gasteiger partial charge < -0.3 is 11.1 Å². The maximum Gasteiger partial charge on any atom is 0.170 e. The number of fused-ring (bicyclic) bond motifs is 3. The third-order valence-corrected chi connectivity index (χ3v) is 9.06. The Kier molecular flexibility index (Phi) is 4.80. The molecule has 0 radical (unpaired) electrons. The highest BCUT2D eigenvalue weighted by Gasteiger charge is 2.55. The standard InChI is InChI=1S/C29H30N6O/c1-17-9-11-29(17)14-20(13-24(29)30)26-25-23(36)10-12-31-28(25)35-27(34-26)21(16-33-35)19-7-8-22(32-15-19)18-5-3-2-4-6-18/h2-8,15-17,20,24,31H,9-14,30H2,1H3. The van der Waals surface area contributed by atoms with E-state index in [0.717, 1.165) is 52.4 Å². The number of Topliss-reactive ketones (excluding diaryl/α,β-unsaturated/α-hetero) is 1. The summed E-state index contributed by atoms with van der Waals surface area (Å²) in [5.41, 5.74) is 13.2. The number of carbonyl (C=O) groups is 1. The molecule has 1 spiro atoms. The van der Waals surface area contributed by atoms with Gasteiger partial charge >= 0.3 is 0 Å². The molecular weight excluding hydrogens is 448 g/mol. The summed E-state index contributed by atoms with van der Waals surface area (Å²) in [5.74, 6) is 1.73. The van der Waals surface area contributed by atoms with Crippen LogP contribution >= 0.6 is 0 Å². The van der Waals surface area contributed by atoms with Gasteiger partial charge in [-0.05, 0) is 43.1 Å². The summed E-state index contributed by atoms with van der Waals surface area (Å²) in [6, 6.07) is 14.4. The number of carbonyl (C=O) groups excluding carboxylic acids is 1. The van der Waals surface area contributed by atoms with Crippen LogP contribution in [0.2, 0.25) is 0 Å². The molecule has 4 heterocycles. The first kappa shape index (κ1) is 21.7. The number of aromatic nitrogens is 4. The van der Waals surface area contributed by atoms with E-state index < -0.39 is 0 Å². The second-order valence-corrected chi connectivity index (χ2v) is 10.8. The Morgan fingerprint density at radius 1 is 1.11 bits per heavy atom. The number of benzene rings is 1. The lowest BCUT2D eigenvalue weighted by molar-refractivity contribution is 0.0330. The van der Waals surface area contributed by atoms with E-state index in [1.54, 1.807) is 4.52 Å². The second-order valence-electron chi connectivity index (χ2n) is 10.8. The minimum absolute atomic E-state index is 0.148. The van der Waals surface area contributed by atoms with Crippen LogP contribution in [0.1, 0.15) is 61.0 Å². The first-order valence-corrected chi connectivity index (χ1v) is 13.0. The number of pyridine rings is 1. The molecule has 36 heavy (non-hydrogen) atoms. The predicted octanol–water partition coefficient (Wildman–Crippen LogP) is 5.08. The summed E-state index contributed by atoms with van der Waals surface area (Å²) in [7, 11) is 0. The molecule has 7 heteroatoms. The average molecular weight is 479 g/mol. The Morgan fingerprint density at radius 3 is 2.67 bits per heavy atom. The van der Waals surface area contributed by atoms with Gasteiger partial charge in [-0.2, -0.15) is 9.61 Å². The minimum Gasteiger partial charge on any atom is -0.369 e. The Bertz CT molecular complexity index is 1480. The SMILES string of the molecule is CC1CCC12CC(c1nc3c(-c4ccc(-c5ccccc5)nc4)cnn3c3c1C(=O)CCN3)CC2N. The summed E-state index contributed by atoms with van der Waals surface area (Å²) in [6.45, 7) is 2.93. The molecule has 3 aromatic heterocycles. The topological polar surface area (TPSA) is 98.2 Å². The van der Waals surface area contributed by atoms with Crippen molar-refractivity contribution in [2.45, 2.75) is 51.0 Å². The van der Waals surface area contributed by atoms with Gasteiger partial charge in [0.2, 0.25) is 0 Å². The zero-order valence-electron chi connectivity index (χ0n) is 20.4. The van der Waals surface area contributed by atoms with Gasteiger partial charge in [0.25, 0.3) is 0 Å². The zero-order valence-corrected chi connectivity index (χ0v) is 20.4. The number of nitrogens with one attached hydrogen (secondary N) is 1. The fourth-order valence-corrected chi connectivity index (χ4v) is 6.80. The maximum atomic E-state index is 13.2.